The van der Waals surface area contributed by atoms with E-state index in [1.807, 2.05) is 6.92 Å². The molecule has 0 saturated heterocycles. The second kappa shape index (κ2) is 9.32. The molecule has 1 aromatic carbocycles. The monoisotopic (exact) mass is 393 g/mol. The number of ether oxygens (including phenoxy) is 1. The molecule has 0 radical (unpaired) electrons. The van der Waals surface area contributed by atoms with Gasteiger partial charge >= 0.3 is 0 Å². The van der Waals surface area contributed by atoms with E-state index in [0.717, 1.165) is 5.56 Å². The second-order valence-corrected chi connectivity index (χ2v) is 6.49. The minimum Gasteiger partial charge on any atom is -0.489 e. The number of benzene rings is 1. The second-order valence-electron chi connectivity index (χ2n) is 6.09. The smallest absolute Gasteiger partial charge is 0.251 e. The average Bonchev–Trinajstić information content (AvgIpc) is 2.60. The third-order valence-corrected chi connectivity index (χ3v) is 3.89. The van der Waals surface area contributed by atoms with E-state index in [4.69, 9.17) is 16.3 Å². The van der Waals surface area contributed by atoms with Crippen molar-refractivity contribution in [1.82, 2.24) is 10.3 Å². The van der Waals surface area contributed by atoms with Crippen molar-refractivity contribution in [2.24, 2.45) is 0 Å². The average molecular weight is 394 g/mol. The molecule has 27 heavy (non-hydrogen) atoms. The maximum atomic E-state index is 12.9. The van der Waals surface area contributed by atoms with Gasteiger partial charge in [0.25, 0.3) is 5.91 Å². The molecule has 0 aliphatic carbocycles. The molecule has 0 spiro atoms. The Kier molecular flexibility index (Phi) is 7.12. The predicted octanol–water partition coefficient (Wildman–Crippen LogP) is 3.92. The summed E-state index contributed by atoms with van der Waals surface area (Å²) >= 11 is 6.17. The molecule has 1 unspecified atom stereocenters. The molecule has 1 aromatic heterocycles. The minimum absolute atomic E-state index is 0.0793. The number of amides is 2. The van der Waals surface area contributed by atoms with Crippen LogP contribution in [0.2, 0.25) is 5.02 Å². The van der Waals surface area contributed by atoms with Crippen molar-refractivity contribution in [3.63, 3.8) is 0 Å². The third-order valence-electron chi connectivity index (χ3n) is 3.60. The van der Waals surface area contributed by atoms with Gasteiger partial charge in [0, 0.05) is 18.7 Å². The van der Waals surface area contributed by atoms with Crippen LogP contribution in [0.15, 0.2) is 36.5 Å². The summed E-state index contributed by atoms with van der Waals surface area (Å²) in [5.41, 5.74) is 1.13. The molecular formula is C19H21ClFN3O3. The van der Waals surface area contributed by atoms with Gasteiger partial charge in [-0.05, 0) is 43.7 Å². The largest absolute Gasteiger partial charge is 0.489 e. The number of carbonyl (C=O) groups excluding carboxylic acids is 2. The molecule has 144 valence electrons. The summed E-state index contributed by atoms with van der Waals surface area (Å²) < 4.78 is 18.2. The lowest BCUT2D eigenvalue weighted by atomic mass is 10.1. The van der Waals surface area contributed by atoms with E-state index in [0.29, 0.717) is 22.2 Å². The number of hydrogen-bond acceptors (Lipinski definition) is 4. The quantitative estimate of drug-likeness (QED) is 0.747. The Hall–Kier alpha value is -2.67. The van der Waals surface area contributed by atoms with Crippen molar-refractivity contribution >= 4 is 29.2 Å². The summed E-state index contributed by atoms with van der Waals surface area (Å²) in [4.78, 5) is 27.5. The summed E-state index contributed by atoms with van der Waals surface area (Å²) in [6, 6.07) is 7.77. The number of alkyl halides is 1. The number of nitrogens with one attached hydrogen (secondary N) is 2. The van der Waals surface area contributed by atoms with Crippen LogP contribution in [0.3, 0.4) is 0 Å². The molecule has 0 aliphatic heterocycles. The van der Waals surface area contributed by atoms with Gasteiger partial charge in [-0.1, -0.05) is 17.7 Å². The third kappa shape index (κ3) is 6.21. The lowest BCUT2D eigenvalue weighted by Gasteiger charge is -2.16. The Morgan fingerprint density at radius 1 is 1.26 bits per heavy atom. The van der Waals surface area contributed by atoms with Crippen LogP contribution in [0, 0.1) is 0 Å². The summed E-state index contributed by atoms with van der Waals surface area (Å²) in [7, 11) is 0. The first-order chi connectivity index (χ1) is 12.8. The maximum absolute atomic E-state index is 12.9. The van der Waals surface area contributed by atoms with E-state index in [9.17, 15) is 14.0 Å². The fraction of sp³-hybridized carbons (Fsp3) is 0.316. The first-order valence-corrected chi connectivity index (χ1v) is 8.75. The molecule has 1 heterocycles. The highest BCUT2D eigenvalue weighted by molar-refractivity contribution is 6.32. The SMILES string of the molecule is CC(=O)Nc1cc(C(=O)NC(C)c2ccc(OC[C@@H](C)F)c(Cl)c2)ccn1. The van der Waals surface area contributed by atoms with Crippen molar-refractivity contribution < 1.29 is 18.7 Å². The zero-order chi connectivity index (χ0) is 20.0. The van der Waals surface area contributed by atoms with E-state index in [2.05, 4.69) is 15.6 Å². The van der Waals surface area contributed by atoms with Crippen LogP contribution < -0.4 is 15.4 Å². The number of aromatic nitrogens is 1. The Balaban J connectivity index is 2.06. The van der Waals surface area contributed by atoms with E-state index in [1.54, 1.807) is 24.3 Å². The fourth-order valence-corrected chi connectivity index (χ4v) is 2.54. The molecule has 2 rings (SSSR count). The molecule has 6 nitrogen and oxygen atoms in total. The van der Waals surface area contributed by atoms with Crippen molar-refractivity contribution in [2.75, 3.05) is 11.9 Å². The number of halogens is 2. The number of rotatable bonds is 7. The van der Waals surface area contributed by atoms with Crippen LogP contribution in [-0.4, -0.2) is 29.6 Å². The Morgan fingerprint density at radius 3 is 2.63 bits per heavy atom. The molecule has 2 amide bonds. The Morgan fingerprint density at radius 2 is 2.00 bits per heavy atom. The molecule has 2 aromatic rings. The Bertz CT molecular complexity index is 830. The maximum Gasteiger partial charge on any atom is 0.251 e. The molecule has 8 heteroatoms. The van der Waals surface area contributed by atoms with Crippen molar-refractivity contribution in [2.45, 2.75) is 33.0 Å². The van der Waals surface area contributed by atoms with Gasteiger partial charge in [0.15, 0.2) is 0 Å². The predicted molar refractivity (Wildman–Crippen MR) is 102 cm³/mol. The molecule has 2 atom stereocenters. The van der Waals surface area contributed by atoms with E-state index < -0.39 is 6.17 Å². The topological polar surface area (TPSA) is 80.3 Å². The number of hydrogen-bond donors (Lipinski definition) is 2. The van der Waals surface area contributed by atoms with E-state index in [-0.39, 0.29) is 24.5 Å². The standard InChI is InChI=1S/C19H21ClFN3O3/c1-11(21)10-27-17-5-4-14(8-16(17)20)12(2)23-19(26)15-6-7-22-18(9-15)24-13(3)25/h4-9,11-12H,10H2,1-3H3,(H,23,26)(H,22,24,25)/t11-,12?/m1/s1. The van der Waals surface area contributed by atoms with Crippen LogP contribution in [0.5, 0.6) is 5.75 Å². The van der Waals surface area contributed by atoms with Gasteiger partial charge in [-0.3, -0.25) is 9.59 Å². The van der Waals surface area contributed by atoms with Crippen molar-refractivity contribution in [1.29, 1.82) is 0 Å². The first kappa shape index (κ1) is 20.6. The van der Waals surface area contributed by atoms with Gasteiger partial charge < -0.3 is 15.4 Å². The first-order valence-electron chi connectivity index (χ1n) is 8.37. The summed E-state index contributed by atoms with van der Waals surface area (Å²) in [6.07, 6.45) is 0.349. The van der Waals surface area contributed by atoms with Gasteiger partial charge in [-0.15, -0.1) is 0 Å². The van der Waals surface area contributed by atoms with Crippen LogP contribution in [0.25, 0.3) is 0 Å². The molecule has 0 saturated carbocycles. The minimum atomic E-state index is -1.10. The lowest BCUT2D eigenvalue weighted by Crippen LogP contribution is -2.26. The molecule has 0 aliphatic rings. The summed E-state index contributed by atoms with van der Waals surface area (Å²) in [5.74, 6) is 0.0960. The Labute approximate surface area is 162 Å². The fourth-order valence-electron chi connectivity index (χ4n) is 2.29. The van der Waals surface area contributed by atoms with Gasteiger partial charge in [0.05, 0.1) is 11.1 Å². The highest BCUT2D eigenvalue weighted by Gasteiger charge is 2.14. The number of carbonyl (C=O) groups is 2. The number of nitrogens with zero attached hydrogens (tertiary/aromatic N) is 1. The van der Waals surface area contributed by atoms with Crippen LogP contribution in [0.4, 0.5) is 10.2 Å². The normalized spacial score (nSPS) is 12.8. The zero-order valence-corrected chi connectivity index (χ0v) is 16.0. The van der Waals surface area contributed by atoms with E-state index >= 15 is 0 Å². The van der Waals surface area contributed by atoms with Gasteiger partial charge in [-0.25, -0.2) is 9.37 Å². The van der Waals surface area contributed by atoms with Crippen LogP contribution >= 0.6 is 11.6 Å². The zero-order valence-electron chi connectivity index (χ0n) is 15.3. The van der Waals surface area contributed by atoms with Gasteiger partial charge in [-0.2, -0.15) is 0 Å². The highest BCUT2D eigenvalue weighted by atomic mass is 35.5. The van der Waals surface area contributed by atoms with Crippen LogP contribution in [0.1, 0.15) is 42.7 Å². The summed E-state index contributed by atoms with van der Waals surface area (Å²) in [6.45, 7) is 4.49. The van der Waals surface area contributed by atoms with Crippen LogP contribution in [-0.2, 0) is 4.79 Å². The highest BCUT2D eigenvalue weighted by Crippen LogP contribution is 2.28. The van der Waals surface area contributed by atoms with Crippen molar-refractivity contribution in [3.05, 3.63) is 52.7 Å². The lowest BCUT2D eigenvalue weighted by molar-refractivity contribution is -0.114. The number of anilines is 1. The molecule has 2 N–H and O–H groups in total. The molecule has 0 fully saturated rings. The van der Waals surface area contributed by atoms with Gasteiger partial charge in [0.2, 0.25) is 5.91 Å². The molecular weight excluding hydrogens is 373 g/mol. The van der Waals surface area contributed by atoms with Crippen molar-refractivity contribution in [3.8, 4) is 5.75 Å². The summed E-state index contributed by atoms with van der Waals surface area (Å²) in [5, 5.41) is 5.72. The molecule has 0 bridgehead atoms. The van der Waals surface area contributed by atoms with Gasteiger partial charge in [0.1, 0.15) is 24.3 Å². The van der Waals surface area contributed by atoms with E-state index in [1.165, 1.54) is 26.1 Å². The number of pyridine rings is 1.